The van der Waals surface area contributed by atoms with Crippen molar-refractivity contribution in [2.24, 2.45) is 5.14 Å². The smallest absolute Gasteiger partial charge is 0.338 e. The van der Waals surface area contributed by atoms with Gasteiger partial charge in [-0.25, -0.2) is 18.4 Å². The molecule has 0 aliphatic heterocycles. The van der Waals surface area contributed by atoms with Crippen molar-refractivity contribution in [1.29, 1.82) is 0 Å². The standard InChI is InChI=1S/C15H14ClNO4S/c1-10-2-4-11(5-3-10)9-21-15(18)12-6-7-13(16)14(8-12)22(17,19)20/h2-8H,9H2,1H3,(H2,17,19,20). The van der Waals surface area contributed by atoms with E-state index in [4.69, 9.17) is 21.5 Å². The fourth-order valence-corrected chi connectivity index (χ4v) is 2.84. The molecule has 116 valence electrons. The molecular formula is C15H14ClNO4S. The predicted molar refractivity (Wildman–Crippen MR) is 83.1 cm³/mol. The quantitative estimate of drug-likeness (QED) is 0.867. The van der Waals surface area contributed by atoms with Crippen LogP contribution in [0, 0.1) is 6.92 Å². The largest absolute Gasteiger partial charge is 0.457 e. The maximum Gasteiger partial charge on any atom is 0.338 e. The van der Waals surface area contributed by atoms with Gasteiger partial charge in [0.25, 0.3) is 0 Å². The summed E-state index contributed by atoms with van der Waals surface area (Å²) in [6.45, 7) is 2.05. The highest BCUT2D eigenvalue weighted by Crippen LogP contribution is 2.22. The van der Waals surface area contributed by atoms with E-state index >= 15 is 0 Å². The Morgan fingerprint density at radius 3 is 2.41 bits per heavy atom. The number of halogens is 1. The first-order valence-electron chi connectivity index (χ1n) is 6.32. The van der Waals surface area contributed by atoms with Crippen LogP contribution in [-0.4, -0.2) is 14.4 Å². The number of hydrogen-bond donors (Lipinski definition) is 1. The summed E-state index contributed by atoms with van der Waals surface area (Å²) in [4.78, 5) is 11.7. The van der Waals surface area contributed by atoms with Crippen LogP contribution in [0.2, 0.25) is 5.02 Å². The number of aryl methyl sites for hydroxylation is 1. The highest BCUT2D eigenvalue weighted by atomic mass is 35.5. The highest BCUT2D eigenvalue weighted by Gasteiger charge is 2.17. The summed E-state index contributed by atoms with van der Waals surface area (Å²) in [6.07, 6.45) is 0. The van der Waals surface area contributed by atoms with Gasteiger partial charge in [0, 0.05) is 0 Å². The van der Waals surface area contributed by atoms with Crippen molar-refractivity contribution < 1.29 is 17.9 Å². The number of rotatable bonds is 4. The molecule has 2 rings (SSSR count). The predicted octanol–water partition coefficient (Wildman–Crippen LogP) is 2.65. The molecule has 0 bridgehead atoms. The van der Waals surface area contributed by atoms with E-state index < -0.39 is 16.0 Å². The summed E-state index contributed by atoms with van der Waals surface area (Å²) in [5.74, 6) is -0.651. The minimum absolute atomic E-state index is 0.0439. The molecule has 2 N–H and O–H groups in total. The van der Waals surface area contributed by atoms with Gasteiger partial charge in [0.1, 0.15) is 11.5 Å². The van der Waals surface area contributed by atoms with Crippen LogP contribution in [0.5, 0.6) is 0 Å². The van der Waals surface area contributed by atoms with Crippen molar-refractivity contribution >= 4 is 27.6 Å². The van der Waals surface area contributed by atoms with Crippen LogP contribution < -0.4 is 5.14 Å². The lowest BCUT2D eigenvalue weighted by Crippen LogP contribution is -2.14. The SMILES string of the molecule is Cc1ccc(COC(=O)c2ccc(Cl)c(S(N)(=O)=O)c2)cc1. The number of sulfonamides is 1. The number of esters is 1. The van der Waals surface area contributed by atoms with Crippen molar-refractivity contribution in [3.8, 4) is 0 Å². The third-order valence-corrected chi connectivity index (χ3v) is 4.36. The van der Waals surface area contributed by atoms with E-state index in [1.54, 1.807) is 0 Å². The Morgan fingerprint density at radius 2 is 1.82 bits per heavy atom. The zero-order valence-electron chi connectivity index (χ0n) is 11.7. The maximum absolute atomic E-state index is 12.0. The second-order valence-electron chi connectivity index (χ2n) is 4.75. The van der Waals surface area contributed by atoms with E-state index in [1.165, 1.54) is 12.1 Å². The number of benzene rings is 2. The van der Waals surface area contributed by atoms with E-state index in [2.05, 4.69) is 0 Å². The Bertz CT molecular complexity index is 801. The lowest BCUT2D eigenvalue weighted by molar-refractivity contribution is 0.0472. The van der Waals surface area contributed by atoms with Crippen LogP contribution in [0.3, 0.4) is 0 Å². The number of ether oxygens (including phenoxy) is 1. The van der Waals surface area contributed by atoms with Crippen molar-refractivity contribution in [3.05, 3.63) is 64.2 Å². The Morgan fingerprint density at radius 1 is 1.18 bits per heavy atom. The first kappa shape index (κ1) is 16.5. The van der Waals surface area contributed by atoms with Gasteiger partial charge < -0.3 is 4.74 Å². The molecule has 0 heterocycles. The molecule has 0 aliphatic rings. The van der Waals surface area contributed by atoms with Gasteiger partial charge in [-0.15, -0.1) is 0 Å². The van der Waals surface area contributed by atoms with Crippen molar-refractivity contribution in [1.82, 2.24) is 0 Å². The van der Waals surface area contributed by atoms with Crippen molar-refractivity contribution in [2.75, 3.05) is 0 Å². The number of nitrogens with two attached hydrogens (primary N) is 1. The summed E-state index contributed by atoms with van der Waals surface area (Å²) < 4.78 is 27.9. The van der Waals surface area contributed by atoms with Gasteiger partial charge >= 0.3 is 5.97 Å². The molecule has 0 atom stereocenters. The van der Waals surface area contributed by atoms with Gasteiger partial charge in [-0.2, -0.15) is 0 Å². The molecule has 0 saturated heterocycles. The Hall–Kier alpha value is -1.89. The third-order valence-electron chi connectivity index (χ3n) is 2.96. The summed E-state index contributed by atoms with van der Waals surface area (Å²) in [5, 5.41) is 5.00. The van der Waals surface area contributed by atoms with Gasteiger partial charge in [0.05, 0.1) is 10.6 Å². The van der Waals surface area contributed by atoms with Gasteiger partial charge in [0.15, 0.2) is 0 Å². The van der Waals surface area contributed by atoms with Gasteiger partial charge in [-0.3, -0.25) is 0 Å². The Balaban J connectivity index is 2.15. The lowest BCUT2D eigenvalue weighted by atomic mass is 10.2. The molecular weight excluding hydrogens is 326 g/mol. The van der Waals surface area contributed by atoms with Crippen LogP contribution in [0.4, 0.5) is 0 Å². The van der Waals surface area contributed by atoms with Crippen LogP contribution in [0.15, 0.2) is 47.4 Å². The van der Waals surface area contributed by atoms with E-state index in [9.17, 15) is 13.2 Å². The van der Waals surface area contributed by atoms with Gasteiger partial charge in [-0.1, -0.05) is 41.4 Å². The minimum atomic E-state index is -4.00. The van der Waals surface area contributed by atoms with Crippen LogP contribution in [-0.2, 0) is 21.4 Å². The zero-order chi connectivity index (χ0) is 16.3. The van der Waals surface area contributed by atoms with Crippen molar-refractivity contribution in [3.63, 3.8) is 0 Å². The normalized spacial score (nSPS) is 11.2. The third kappa shape index (κ3) is 4.07. The second kappa shape index (κ2) is 6.48. The maximum atomic E-state index is 12.0. The minimum Gasteiger partial charge on any atom is -0.457 e. The van der Waals surface area contributed by atoms with Crippen molar-refractivity contribution in [2.45, 2.75) is 18.4 Å². The monoisotopic (exact) mass is 339 g/mol. The number of carbonyl (C=O) groups excluding carboxylic acids is 1. The van der Waals surface area contributed by atoms with E-state index in [0.29, 0.717) is 0 Å². The van der Waals surface area contributed by atoms with Crippen LogP contribution in [0.25, 0.3) is 0 Å². The molecule has 2 aromatic carbocycles. The van der Waals surface area contributed by atoms with Gasteiger partial charge in [0.2, 0.25) is 10.0 Å². The number of hydrogen-bond acceptors (Lipinski definition) is 4. The average molecular weight is 340 g/mol. The molecule has 2 aromatic rings. The molecule has 0 aliphatic carbocycles. The molecule has 22 heavy (non-hydrogen) atoms. The van der Waals surface area contributed by atoms with E-state index in [0.717, 1.165) is 17.2 Å². The molecule has 0 spiro atoms. The first-order chi connectivity index (χ1) is 10.3. The zero-order valence-corrected chi connectivity index (χ0v) is 13.3. The van der Waals surface area contributed by atoms with Gasteiger partial charge in [-0.05, 0) is 30.7 Å². The lowest BCUT2D eigenvalue weighted by Gasteiger charge is -2.07. The summed E-state index contributed by atoms with van der Waals surface area (Å²) in [7, 11) is -4.00. The van der Waals surface area contributed by atoms with E-state index in [1.807, 2.05) is 31.2 Å². The van der Waals surface area contributed by atoms with E-state index in [-0.39, 0.29) is 22.1 Å². The molecule has 0 fully saturated rings. The summed E-state index contributed by atoms with van der Waals surface area (Å²) in [5.41, 5.74) is 2.01. The molecule has 5 nitrogen and oxygen atoms in total. The fourth-order valence-electron chi connectivity index (χ4n) is 1.76. The first-order valence-corrected chi connectivity index (χ1v) is 8.25. The number of carbonyl (C=O) groups is 1. The molecule has 0 aromatic heterocycles. The fraction of sp³-hybridized carbons (Fsp3) is 0.133. The Kier molecular flexibility index (Phi) is 4.85. The molecule has 0 amide bonds. The summed E-state index contributed by atoms with van der Waals surface area (Å²) >= 11 is 5.76. The summed E-state index contributed by atoms with van der Waals surface area (Å²) in [6, 6.07) is 11.3. The highest BCUT2D eigenvalue weighted by molar-refractivity contribution is 7.89. The van der Waals surface area contributed by atoms with Crippen LogP contribution in [0.1, 0.15) is 21.5 Å². The number of primary sulfonamides is 1. The topological polar surface area (TPSA) is 86.5 Å². The molecule has 0 unspecified atom stereocenters. The second-order valence-corrected chi connectivity index (χ2v) is 6.69. The molecule has 7 heteroatoms. The average Bonchev–Trinajstić information content (AvgIpc) is 2.45. The molecule has 0 saturated carbocycles. The Labute approximate surface area is 133 Å². The van der Waals surface area contributed by atoms with Crippen LogP contribution >= 0.6 is 11.6 Å². The molecule has 0 radical (unpaired) electrons.